The number of rotatable bonds is 2. The number of likely N-dealkylation sites (tertiary alicyclic amines) is 1. The molecule has 1 atom stereocenters. The van der Waals surface area contributed by atoms with Crippen molar-refractivity contribution >= 4 is 11.8 Å². The summed E-state index contributed by atoms with van der Waals surface area (Å²) in [6.45, 7) is 2.00. The number of nitrogens with zero attached hydrogens (tertiary/aromatic N) is 2. The van der Waals surface area contributed by atoms with Crippen molar-refractivity contribution in [2.75, 3.05) is 6.54 Å². The number of nitriles is 1. The van der Waals surface area contributed by atoms with Crippen molar-refractivity contribution in [2.24, 2.45) is 11.3 Å². The third kappa shape index (κ3) is 2.06. The molecule has 2 aliphatic rings. The molecule has 2 rings (SSSR count). The molecule has 4 nitrogen and oxygen atoms in total. The van der Waals surface area contributed by atoms with E-state index in [1.54, 1.807) is 6.92 Å². The van der Waals surface area contributed by atoms with Gasteiger partial charge in [-0.05, 0) is 19.8 Å². The average Bonchev–Trinajstić information content (AvgIpc) is 2.55. The maximum atomic E-state index is 12.3. The molecule has 0 bridgehead atoms. The van der Waals surface area contributed by atoms with E-state index < -0.39 is 5.41 Å². The highest BCUT2D eigenvalue weighted by atomic mass is 16.2. The second kappa shape index (κ2) is 4.48. The summed E-state index contributed by atoms with van der Waals surface area (Å²) in [4.78, 5) is 25.6. The van der Waals surface area contributed by atoms with Crippen LogP contribution in [0.25, 0.3) is 0 Å². The molecule has 1 unspecified atom stereocenters. The van der Waals surface area contributed by atoms with Gasteiger partial charge in [-0.25, -0.2) is 0 Å². The minimum absolute atomic E-state index is 0.0238. The zero-order valence-corrected chi connectivity index (χ0v) is 10.2. The van der Waals surface area contributed by atoms with Gasteiger partial charge in [-0.15, -0.1) is 0 Å². The Morgan fingerprint density at radius 1 is 1.35 bits per heavy atom. The number of hydrogen-bond donors (Lipinski definition) is 0. The monoisotopic (exact) mass is 234 g/mol. The van der Waals surface area contributed by atoms with E-state index >= 15 is 0 Å². The Hall–Kier alpha value is -1.37. The van der Waals surface area contributed by atoms with Crippen molar-refractivity contribution in [3.8, 4) is 6.07 Å². The molecule has 0 aromatic heterocycles. The summed E-state index contributed by atoms with van der Waals surface area (Å²) in [5.74, 6) is -0.384. The van der Waals surface area contributed by atoms with Gasteiger partial charge in [0.05, 0.1) is 17.4 Å². The topological polar surface area (TPSA) is 61.2 Å². The van der Waals surface area contributed by atoms with E-state index in [4.69, 9.17) is 5.26 Å². The fourth-order valence-corrected chi connectivity index (χ4v) is 2.98. The van der Waals surface area contributed by atoms with Gasteiger partial charge in [-0.3, -0.25) is 14.5 Å². The number of carbonyl (C=O) groups excluding carboxylic acids is 2. The minimum Gasteiger partial charge on any atom is -0.281 e. The molecular formula is C13H18N2O2. The Morgan fingerprint density at radius 2 is 2.00 bits per heavy atom. The average molecular weight is 234 g/mol. The molecule has 1 aliphatic carbocycles. The summed E-state index contributed by atoms with van der Waals surface area (Å²) >= 11 is 0. The Morgan fingerprint density at radius 3 is 2.59 bits per heavy atom. The van der Waals surface area contributed by atoms with Crippen molar-refractivity contribution < 1.29 is 9.59 Å². The van der Waals surface area contributed by atoms with Gasteiger partial charge in [0.2, 0.25) is 11.8 Å². The molecule has 92 valence electrons. The van der Waals surface area contributed by atoms with Crippen LogP contribution in [0.2, 0.25) is 0 Å². The highest BCUT2D eigenvalue weighted by Gasteiger charge is 2.51. The fraction of sp³-hybridized carbons (Fsp3) is 0.769. The van der Waals surface area contributed by atoms with Crippen molar-refractivity contribution in [1.29, 1.82) is 5.26 Å². The molecule has 2 amide bonds. The van der Waals surface area contributed by atoms with Gasteiger partial charge >= 0.3 is 0 Å². The van der Waals surface area contributed by atoms with Crippen LogP contribution in [-0.4, -0.2) is 23.3 Å². The quantitative estimate of drug-likeness (QED) is 0.685. The van der Waals surface area contributed by atoms with Crippen molar-refractivity contribution in [1.82, 2.24) is 4.90 Å². The second-order valence-electron chi connectivity index (χ2n) is 5.36. The van der Waals surface area contributed by atoms with Crippen LogP contribution < -0.4 is 0 Å². The molecule has 0 radical (unpaired) electrons. The summed E-state index contributed by atoms with van der Waals surface area (Å²) in [6.07, 6.45) is 5.30. The standard InChI is InChI=1S/C13H18N2O2/c1-10(8-14)9-15-11(16)7-13(12(15)17)5-3-2-4-6-13/h10H,2-7,9H2,1H3. The molecule has 0 aromatic carbocycles. The normalized spacial score (nSPS) is 25.1. The Kier molecular flexibility index (Phi) is 3.19. The van der Waals surface area contributed by atoms with Gasteiger partial charge in [0.1, 0.15) is 0 Å². The molecular weight excluding hydrogens is 216 g/mol. The third-order valence-electron chi connectivity index (χ3n) is 3.98. The first-order chi connectivity index (χ1) is 8.09. The van der Waals surface area contributed by atoms with Crippen LogP contribution >= 0.6 is 0 Å². The first kappa shape index (κ1) is 12.1. The summed E-state index contributed by atoms with van der Waals surface area (Å²) in [5, 5.41) is 8.77. The van der Waals surface area contributed by atoms with E-state index in [0.717, 1.165) is 32.1 Å². The highest BCUT2D eigenvalue weighted by Crippen LogP contribution is 2.45. The molecule has 1 heterocycles. The Bertz CT molecular complexity index is 377. The molecule has 1 saturated heterocycles. The lowest BCUT2D eigenvalue weighted by molar-refractivity contribution is -0.142. The van der Waals surface area contributed by atoms with E-state index in [9.17, 15) is 9.59 Å². The molecule has 4 heteroatoms. The summed E-state index contributed by atoms with van der Waals surface area (Å²) in [7, 11) is 0. The van der Waals surface area contributed by atoms with Gasteiger partial charge in [0, 0.05) is 13.0 Å². The van der Waals surface area contributed by atoms with Crippen LogP contribution in [-0.2, 0) is 9.59 Å². The Labute approximate surface area is 102 Å². The highest BCUT2D eigenvalue weighted by molar-refractivity contribution is 6.05. The Balaban J connectivity index is 2.13. The van der Waals surface area contributed by atoms with Crippen LogP contribution in [0.4, 0.5) is 0 Å². The number of amides is 2. The largest absolute Gasteiger partial charge is 0.281 e. The van der Waals surface area contributed by atoms with Gasteiger partial charge in [-0.2, -0.15) is 5.26 Å². The van der Waals surface area contributed by atoms with Gasteiger partial charge in [0.25, 0.3) is 0 Å². The molecule has 1 saturated carbocycles. The van der Waals surface area contributed by atoms with E-state index in [2.05, 4.69) is 6.07 Å². The second-order valence-corrected chi connectivity index (χ2v) is 5.36. The lowest BCUT2D eigenvalue weighted by atomic mass is 9.73. The third-order valence-corrected chi connectivity index (χ3v) is 3.98. The van der Waals surface area contributed by atoms with Crippen LogP contribution in [0.3, 0.4) is 0 Å². The van der Waals surface area contributed by atoms with Crippen LogP contribution in [0.1, 0.15) is 45.4 Å². The first-order valence-corrected chi connectivity index (χ1v) is 6.33. The smallest absolute Gasteiger partial charge is 0.235 e. The molecule has 17 heavy (non-hydrogen) atoms. The van der Waals surface area contributed by atoms with Crippen LogP contribution in [0, 0.1) is 22.7 Å². The van der Waals surface area contributed by atoms with E-state index in [0.29, 0.717) is 6.42 Å². The number of imide groups is 1. The maximum absolute atomic E-state index is 12.3. The van der Waals surface area contributed by atoms with Crippen LogP contribution in [0.5, 0.6) is 0 Å². The molecule has 1 spiro atoms. The van der Waals surface area contributed by atoms with Crippen molar-refractivity contribution in [2.45, 2.75) is 45.4 Å². The maximum Gasteiger partial charge on any atom is 0.235 e. The zero-order valence-electron chi connectivity index (χ0n) is 10.2. The van der Waals surface area contributed by atoms with E-state index in [-0.39, 0.29) is 24.3 Å². The summed E-state index contributed by atoms with van der Waals surface area (Å²) in [5.41, 5.74) is -0.412. The SMILES string of the molecule is CC(C#N)CN1C(=O)CC2(CCCCC2)C1=O. The van der Waals surface area contributed by atoms with Gasteiger partial charge in [-0.1, -0.05) is 19.3 Å². The molecule has 1 aliphatic heterocycles. The summed E-state index contributed by atoms with van der Waals surface area (Å²) in [6, 6.07) is 2.08. The lowest BCUT2D eigenvalue weighted by Crippen LogP contribution is -2.38. The summed E-state index contributed by atoms with van der Waals surface area (Å²) < 4.78 is 0. The number of hydrogen-bond acceptors (Lipinski definition) is 3. The van der Waals surface area contributed by atoms with Gasteiger partial charge < -0.3 is 0 Å². The lowest BCUT2D eigenvalue weighted by Gasteiger charge is -2.30. The van der Waals surface area contributed by atoms with Gasteiger partial charge in [0.15, 0.2) is 0 Å². The fourth-order valence-electron chi connectivity index (χ4n) is 2.98. The first-order valence-electron chi connectivity index (χ1n) is 6.33. The predicted molar refractivity (Wildman–Crippen MR) is 61.6 cm³/mol. The zero-order chi connectivity index (χ0) is 12.5. The molecule has 2 fully saturated rings. The predicted octanol–water partition coefficient (Wildman–Crippen LogP) is 1.86. The van der Waals surface area contributed by atoms with E-state index in [1.807, 2.05) is 0 Å². The molecule has 0 aromatic rings. The minimum atomic E-state index is -0.412. The van der Waals surface area contributed by atoms with Crippen molar-refractivity contribution in [3.05, 3.63) is 0 Å². The van der Waals surface area contributed by atoms with Crippen LogP contribution in [0.15, 0.2) is 0 Å². The number of carbonyl (C=O) groups is 2. The molecule has 0 N–H and O–H groups in total. The van der Waals surface area contributed by atoms with E-state index in [1.165, 1.54) is 4.90 Å². The van der Waals surface area contributed by atoms with Crippen molar-refractivity contribution in [3.63, 3.8) is 0 Å².